The number of nitrogens with one attached hydrogen (secondary N) is 3. The second kappa shape index (κ2) is 8.51. The Hall–Kier alpha value is -3.59. The third-order valence-corrected chi connectivity index (χ3v) is 5.99. The minimum Gasteiger partial charge on any atom is -0.494 e. The first kappa shape index (κ1) is 20.3. The summed E-state index contributed by atoms with van der Waals surface area (Å²) in [7, 11) is 1.63. The summed E-state index contributed by atoms with van der Waals surface area (Å²) in [6.07, 6.45) is 2.39. The van der Waals surface area contributed by atoms with E-state index in [9.17, 15) is 4.79 Å². The number of rotatable bonds is 7. The topological polar surface area (TPSA) is 105 Å². The number of hydrogen-bond donors (Lipinski definition) is 3. The second-order valence-corrected chi connectivity index (χ2v) is 8.67. The van der Waals surface area contributed by atoms with Gasteiger partial charge in [0.25, 0.3) is 0 Å². The molecule has 9 heteroatoms. The maximum Gasteiger partial charge on any atom is 0.221 e. The van der Waals surface area contributed by atoms with Gasteiger partial charge in [0.2, 0.25) is 5.91 Å². The summed E-state index contributed by atoms with van der Waals surface area (Å²) < 4.78 is 5.55. The van der Waals surface area contributed by atoms with Crippen molar-refractivity contribution >= 4 is 45.9 Å². The molecule has 162 valence electrons. The Morgan fingerprint density at radius 2 is 1.97 bits per heavy atom. The Balaban J connectivity index is 1.48. The van der Waals surface area contributed by atoms with Gasteiger partial charge in [-0.05, 0) is 61.0 Å². The van der Waals surface area contributed by atoms with Crippen molar-refractivity contribution in [2.75, 3.05) is 17.7 Å². The van der Waals surface area contributed by atoms with Crippen molar-refractivity contribution in [3.8, 4) is 5.75 Å². The summed E-state index contributed by atoms with van der Waals surface area (Å²) in [4.78, 5) is 21.7. The Morgan fingerprint density at radius 1 is 1.16 bits per heavy atom. The fourth-order valence-corrected chi connectivity index (χ4v) is 4.20. The Kier molecular flexibility index (Phi) is 5.40. The number of nitrogens with zero attached hydrogens (tertiary/aromatic N) is 3. The van der Waals surface area contributed by atoms with Gasteiger partial charge in [0, 0.05) is 34.9 Å². The first-order chi connectivity index (χ1) is 15.6. The van der Waals surface area contributed by atoms with Crippen LogP contribution in [0.4, 0.5) is 17.3 Å². The van der Waals surface area contributed by atoms with E-state index < -0.39 is 0 Å². The van der Waals surface area contributed by atoms with Crippen LogP contribution in [0.1, 0.15) is 31.4 Å². The van der Waals surface area contributed by atoms with Crippen LogP contribution < -0.4 is 15.4 Å². The van der Waals surface area contributed by atoms with Crippen molar-refractivity contribution in [2.45, 2.75) is 35.7 Å². The lowest BCUT2D eigenvalue weighted by atomic mass is 10.2. The molecule has 0 aliphatic heterocycles. The maximum atomic E-state index is 11.2. The quantitative estimate of drug-likeness (QED) is 0.340. The monoisotopic (exact) mass is 446 g/mol. The normalized spacial score (nSPS) is 13.2. The molecule has 0 spiro atoms. The van der Waals surface area contributed by atoms with Crippen molar-refractivity contribution < 1.29 is 9.53 Å². The third-order valence-electron chi connectivity index (χ3n) is 5.12. The van der Waals surface area contributed by atoms with Crippen LogP contribution in [-0.2, 0) is 4.79 Å². The molecule has 0 bridgehead atoms. The Morgan fingerprint density at radius 3 is 2.69 bits per heavy atom. The SMILES string of the molecule is COc1cccc2c(Nc3cc(C4CC4)n[nH]3)nc(Sc3ccc(NC(C)=O)cc3)nc12. The molecule has 2 aromatic heterocycles. The van der Waals surface area contributed by atoms with Gasteiger partial charge in [-0.1, -0.05) is 6.07 Å². The van der Waals surface area contributed by atoms with Crippen LogP contribution in [-0.4, -0.2) is 33.2 Å². The lowest BCUT2D eigenvalue weighted by molar-refractivity contribution is -0.114. The molecule has 0 radical (unpaired) electrons. The first-order valence-electron chi connectivity index (χ1n) is 10.3. The molecule has 2 aromatic carbocycles. The summed E-state index contributed by atoms with van der Waals surface area (Å²) in [5.41, 5.74) is 2.56. The molecule has 2 heterocycles. The molecule has 3 N–H and O–H groups in total. The fraction of sp³-hybridized carbons (Fsp3) is 0.217. The summed E-state index contributed by atoms with van der Waals surface area (Å²) in [5.74, 6) is 2.62. The average Bonchev–Trinajstić information content (AvgIpc) is 3.53. The number of methoxy groups -OCH3 is 1. The van der Waals surface area contributed by atoms with Crippen LogP contribution in [0.3, 0.4) is 0 Å². The number of aromatic nitrogens is 4. The van der Waals surface area contributed by atoms with Crippen LogP contribution in [0.5, 0.6) is 5.75 Å². The minimum atomic E-state index is -0.102. The van der Waals surface area contributed by atoms with Crippen LogP contribution in [0.2, 0.25) is 0 Å². The Bertz CT molecular complexity index is 1280. The van der Waals surface area contributed by atoms with Gasteiger partial charge in [-0.15, -0.1) is 0 Å². The zero-order valence-corrected chi connectivity index (χ0v) is 18.5. The summed E-state index contributed by atoms with van der Waals surface area (Å²) >= 11 is 1.44. The number of para-hydroxylation sites is 1. The summed E-state index contributed by atoms with van der Waals surface area (Å²) in [6, 6.07) is 15.4. The van der Waals surface area contributed by atoms with Crippen LogP contribution in [0.25, 0.3) is 10.9 Å². The lowest BCUT2D eigenvalue weighted by Crippen LogP contribution is -2.05. The van der Waals surface area contributed by atoms with E-state index in [-0.39, 0.29) is 5.91 Å². The number of fused-ring (bicyclic) bond motifs is 1. The van der Waals surface area contributed by atoms with Gasteiger partial charge in [-0.25, -0.2) is 9.97 Å². The largest absolute Gasteiger partial charge is 0.494 e. The standard InChI is InChI=1S/C23H22N6O2S/c1-13(30)24-15-8-10-16(11-9-15)32-23-26-21-17(4-3-5-19(21)31-2)22(27-23)25-20-12-18(28-29-20)14-6-7-14/h3-5,8-12,14H,6-7H2,1-2H3,(H,24,30)(H2,25,26,27,28,29). The van der Waals surface area contributed by atoms with Gasteiger partial charge in [0.15, 0.2) is 5.16 Å². The van der Waals surface area contributed by atoms with Gasteiger partial charge in [-0.2, -0.15) is 5.10 Å². The highest BCUT2D eigenvalue weighted by atomic mass is 32.2. The van der Waals surface area contributed by atoms with E-state index in [0.29, 0.717) is 22.6 Å². The number of aromatic amines is 1. The molecule has 1 saturated carbocycles. The van der Waals surface area contributed by atoms with E-state index in [4.69, 9.17) is 14.7 Å². The highest BCUT2D eigenvalue weighted by molar-refractivity contribution is 7.99. The zero-order chi connectivity index (χ0) is 22.1. The number of carbonyl (C=O) groups excluding carboxylic acids is 1. The van der Waals surface area contributed by atoms with E-state index in [2.05, 4.69) is 20.8 Å². The fourth-order valence-electron chi connectivity index (χ4n) is 3.44. The number of hydrogen-bond acceptors (Lipinski definition) is 7. The predicted molar refractivity (Wildman–Crippen MR) is 125 cm³/mol. The smallest absolute Gasteiger partial charge is 0.221 e. The highest BCUT2D eigenvalue weighted by Gasteiger charge is 2.26. The third kappa shape index (κ3) is 4.38. The second-order valence-electron chi connectivity index (χ2n) is 7.62. The highest BCUT2D eigenvalue weighted by Crippen LogP contribution is 2.40. The lowest BCUT2D eigenvalue weighted by Gasteiger charge is -2.12. The predicted octanol–water partition coefficient (Wildman–Crippen LogP) is 5.09. The minimum absolute atomic E-state index is 0.102. The number of benzene rings is 2. The van der Waals surface area contributed by atoms with Crippen molar-refractivity contribution in [1.82, 2.24) is 20.2 Å². The molecule has 0 atom stereocenters. The van der Waals surface area contributed by atoms with Crippen molar-refractivity contribution in [3.05, 3.63) is 54.2 Å². The van der Waals surface area contributed by atoms with Crippen LogP contribution in [0, 0.1) is 0 Å². The summed E-state index contributed by atoms with van der Waals surface area (Å²) in [5, 5.41) is 15.1. The molecule has 1 aliphatic rings. The van der Waals surface area contributed by atoms with Crippen LogP contribution in [0.15, 0.2) is 58.6 Å². The number of H-pyrrole nitrogens is 1. The average molecular weight is 447 g/mol. The number of carbonyl (C=O) groups is 1. The van der Waals surface area contributed by atoms with Crippen molar-refractivity contribution in [1.29, 1.82) is 0 Å². The van der Waals surface area contributed by atoms with Gasteiger partial charge < -0.3 is 15.4 Å². The van der Waals surface area contributed by atoms with E-state index in [1.54, 1.807) is 7.11 Å². The van der Waals surface area contributed by atoms with Crippen molar-refractivity contribution in [3.63, 3.8) is 0 Å². The first-order valence-corrected chi connectivity index (χ1v) is 11.1. The zero-order valence-electron chi connectivity index (χ0n) is 17.7. The van der Waals surface area contributed by atoms with Gasteiger partial charge in [0.1, 0.15) is 22.9 Å². The maximum absolute atomic E-state index is 11.2. The molecule has 8 nitrogen and oxygen atoms in total. The molecule has 1 aliphatic carbocycles. The number of anilines is 3. The van der Waals surface area contributed by atoms with E-state index >= 15 is 0 Å². The molecular weight excluding hydrogens is 424 g/mol. The van der Waals surface area contributed by atoms with E-state index in [1.165, 1.54) is 31.5 Å². The summed E-state index contributed by atoms with van der Waals surface area (Å²) in [6.45, 7) is 1.49. The number of ether oxygens (including phenoxy) is 1. The molecule has 1 amide bonds. The van der Waals surface area contributed by atoms with Crippen LogP contribution >= 0.6 is 11.8 Å². The number of amides is 1. The molecule has 5 rings (SSSR count). The Labute approximate surface area is 189 Å². The van der Waals surface area contributed by atoms with Crippen molar-refractivity contribution in [2.24, 2.45) is 0 Å². The molecule has 0 unspecified atom stereocenters. The molecule has 4 aromatic rings. The molecule has 1 fully saturated rings. The van der Waals surface area contributed by atoms with Gasteiger partial charge >= 0.3 is 0 Å². The van der Waals surface area contributed by atoms with Gasteiger partial charge in [0.05, 0.1) is 12.8 Å². The van der Waals surface area contributed by atoms with Gasteiger partial charge in [-0.3, -0.25) is 9.89 Å². The molecule has 0 saturated heterocycles. The van der Waals surface area contributed by atoms with E-state index in [0.717, 1.165) is 33.0 Å². The molecular formula is C23H22N6O2S. The van der Waals surface area contributed by atoms with E-state index in [1.807, 2.05) is 48.5 Å². The molecule has 32 heavy (non-hydrogen) atoms.